The van der Waals surface area contributed by atoms with Crippen LogP contribution < -0.4 is 5.56 Å². The lowest BCUT2D eigenvalue weighted by molar-refractivity contribution is -0.141. The lowest BCUT2D eigenvalue weighted by Gasteiger charge is -2.09. The van der Waals surface area contributed by atoms with Gasteiger partial charge < -0.3 is 0 Å². The molecule has 0 N–H and O–H groups in total. The molecule has 0 aromatic carbocycles. The van der Waals surface area contributed by atoms with Crippen LogP contribution in [0.25, 0.3) is 5.65 Å². The molecule has 0 amide bonds. The van der Waals surface area contributed by atoms with Gasteiger partial charge in [0, 0.05) is 6.20 Å². The number of aromatic nitrogens is 2. The molecule has 2 aromatic rings. The molecule has 0 aliphatic carbocycles. The number of rotatable bonds is 0. The maximum atomic E-state index is 12.7. The quantitative estimate of drug-likeness (QED) is 0.720. The minimum absolute atomic E-state index is 0.133. The summed E-state index contributed by atoms with van der Waals surface area (Å²) in [6.07, 6.45) is -3.54. The van der Waals surface area contributed by atoms with Crippen LogP contribution in [-0.4, -0.2) is 9.38 Å². The average molecular weight is 253 g/mol. The zero-order chi connectivity index (χ0) is 13.5. The van der Waals surface area contributed by atoms with E-state index in [0.29, 0.717) is 5.56 Å². The van der Waals surface area contributed by atoms with Gasteiger partial charge in [0.1, 0.15) is 17.3 Å². The number of fused-ring (bicyclic) bond motifs is 1. The molecule has 2 heterocycles. The van der Waals surface area contributed by atoms with Crippen molar-refractivity contribution in [1.82, 2.24) is 9.38 Å². The highest BCUT2D eigenvalue weighted by atomic mass is 19.4. The van der Waals surface area contributed by atoms with Gasteiger partial charge in [0.2, 0.25) is 0 Å². The van der Waals surface area contributed by atoms with Crippen molar-refractivity contribution in [2.24, 2.45) is 0 Å². The van der Waals surface area contributed by atoms with E-state index in [1.807, 2.05) is 0 Å². The van der Waals surface area contributed by atoms with E-state index >= 15 is 0 Å². The zero-order valence-electron chi connectivity index (χ0n) is 9.12. The minimum atomic E-state index is -4.83. The number of hydrogen-bond acceptors (Lipinski definition) is 3. The molecule has 0 bridgehead atoms. The first-order chi connectivity index (χ1) is 8.34. The smallest absolute Gasteiger partial charge is 0.267 e. The minimum Gasteiger partial charge on any atom is -0.267 e. The Bertz CT molecular complexity index is 725. The van der Waals surface area contributed by atoms with E-state index in [0.717, 1.165) is 4.40 Å². The summed E-state index contributed by atoms with van der Waals surface area (Å²) in [5.41, 5.74) is -2.93. The molecule has 0 spiro atoms. The van der Waals surface area contributed by atoms with Crippen molar-refractivity contribution in [2.75, 3.05) is 0 Å². The number of hydrogen-bond donors (Lipinski definition) is 0. The number of aryl methyl sites for hydroxylation is 1. The Hall–Kier alpha value is -2.36. The molecule has 92 valence electrons. The summed E-state index contributed by atoms with van der Waals surface area (Å²) in [5, 5.41) is 8.67. The topological polar surface area (TPSA) is 58.2 Å². The van der Waals surface area contributed by atoms with E-state index in [4.69, 9.17) is 5.26 Å². The van der Waals surface area contributed by atoms with Crippen LogP contribution >= 0.6 is 0 Å². The molecule has 7 heteroatoms. The van der Waals surface area contributed by atoms with E-state index in [9.17, 15) is 18.0 Å². The SMILES string of the molecule is Cc1ccn2c(=O)c(C#N)c(C(F)(F)F)nc2c1. The predicted molar refractivity (Wildman–Crippen MR) is 55.9 cm³/mol. The van der Waals surface area contributed by atoms with Crippen LogP contribution in [0.15, 0.2) is 23.1 Å². The normalized spacial score (nSPS) is 11.5. The summed E-state index contributed by atoms with van der Waals surface area (Å²) in [6.45, 7) is 1.66. The van der Waals surface area contributed by atoms with Gasteiger partial charge in [0.15, 0.2) is 5.69 Å². The molecular weight excluding hydrogens is 247 g/mol. The Kier molecular flexibility index (Phi) is 2.58. The Balaban J connectivity index is 2.97. The van der Waals surface area contributed by atoms with Crippen LogP contribution in [0.2, 0.25) is 0 Å². The molecule has 0 saturated heterocycles. The number of halogens is 3. The monoisotopic (exact) mass is 253 g/mol. The predicted octanol–water partition coefficient (Wildman–Crippen LogP) is 1.89. The van der Waals surface area contributed by atoms with Crippen molar-refractivity contribution in [3.05, 3.63) is 45.5 Å². The van der Waals surface area contributed by atoms with Gasteiger partial charge in [0.05, 0.1) is 0 Å². The maximum Gasteiger partial charge on any atom is 0.434 e. The van der Waals surface area contributed by atoms with Crippen molar-refractivity contribution >= 4 is 5.65 Å². The Morgan fingerprint density at radius 1 is 1.44 bits per heavy atom. The highest BCUT2D eigenvalue weighted by molar-refractivity contribution is 5.46. The van der Waals surface area contributed by atoms with Crippen LogP contribution in [0.3, 0.4) is 0 Å². The van der Waals surface area contributed by atoms with E-state index in [-0.39, 0.29) is 5.65 Å². The number of pyridine rings is 1. The maximum absolute atomic E-state index is 12.7. The Labute approximate surface area is 98.9 Å². The van der Waals surface area contributed by atoms with Gasteiger partial charge in [-0.05, 0) is 24.6 Å². The number of nitriles is 1. The summed E-state index contributed by atoms with van der Waals surface area (Å²) >= 11 is 0. The lowest BCUT2D eigenvalue weighted by atomic mass is 10.2. The van der Waals surface area contributed by atoms with Crippen molar-refractivity contribution in [2.45, 2.75) is 13.1 Å². The molecule has 4 nitrogen and oxygen atoms in total. The second kappa shape index (κ2) is 3.84. The fraction of sp³-hybridized carbons (Fsp3) is 0.182. The van der Waals surface area contributed by atoms with Crippen LogP contribution in [0.5, 0.6) is 0 Å². The first-order valence-electron chi connectivity index (χ1n) is 4.85. The molecule has 0 aliphatic heterocycles. The fourth-order valence-corrected chi connectivity index (χ4v) is 1.55. The van der Waals surface area contributed by atoms with Crippen LogP contribution in [0, 0.1) is 18.3 Å². The summed E-state index contributed by atoms with van der Waals surface area (Å²) < 4.78 is 39.0. The van der Waals surface area contributed by atoms with Crippen molar-refractivity contribution < 1.29 is 13.2 Å². The molecule has 0 saturated carbocycles. The van der Waals surface area contributed by atoms with Crippen LogP contribution in [-0.2, 0) is 6.18 Å². The second-order valence-corrected chi connectivity index (χ2v) is 3.68. The van der Waals surface area contributed by atoms with E-state index in [2.05, 4.69) is 4.98 Å². The van der Waals surface area contributed by atoms with Gasteiger partial charge in [-0.15, -0.1) is 0 Å². The molecule has 18 heavy (non-hydrogen) atoms. The molecule has 2 aromatic heterocycles. The van der Waals surface area contributed by atoms with Crippen molar-refractivity contribution in [3.8, 4) is 6.07 Å². The van der Waals surface area contributed by atoms with Crippen molar-refractivity contribution in [1.29, 1.82) is 5.26 Å². The van der Waals surface area contributed by atoms with Gasteiger partial charge in [-0.2, -0.15) is 18.4 Å². The van der Waals surface area contributed by atoms with Gasteiger partial charge >= 0.3 is 6.18 Å². The summed E-state index contributed by atoms with van der Waals surface area (Å²) in [7, 11) is 0. The largest absolute Gasteiger partial charge is 0.434 e. The van der Waals surface area contributed by atoms with E-state index in [1.54, 1.807) is 13.0 Å². The summed E-state index contributed by atoms with van der Waals surface area (Å²) in [6, 6.07) is 4.15. The first kappa shape index (κ1) is 12.1. The summed E-state index contributed by atoms with van der Waals surface area (Å²) in [4.78, 5) is 15.1. The third kappa shape index (κ3) is 1.82. The second-order valence-electron chi connectivity index (χ2n) is 3.68. The standard InChI is InChI=1S/C11H6F3N3O/c1-6-2-3-17-8(4-6)16-9(11(12,13)14)7(5-15)10(17)18/h2-4H,1H3. The fourth-order valence-electron chi connectivity index (χ4n) is 1.55. The lowest BCUT2D eigenvalue weighted by Crippen LogP contribution is -2.25. The Morgan fingerprint density at radius 3 is 2.67 bits per heavy atom. The highest BCUT2D eigenvalue weighted by Gasteiger charge is 2.37. The molecule has 2 rings (SSSR count). The number of alkyl halides is 3. The average Bonchev–Trinajstić information content (AvgIpc) is 2.27. The zero-order valence-corrected chi connectivity index (χ0v) is 9.12. The van der Waals surface area contributed by atoms with Gasteiger partial charge in [-0.3, -0.25) is 9.20 Å². The molecule has 0 aliphatic rings. The number of nitrogens with zero attached hydrogens (tertiary/aromatic N) is 3. The van der Waals surface area contributed by atoms with Crippen LogP contribution in [0.1, 0.15) is 16.8 Å². The Morgan fingerprint density at radius 2 is 2.11 bits per heavy atom. The molecule has 0 radical (unpaired) electrons. The molecule has 0 atom stereocenters. The molecule has 0 fully saturated rings. The van der Waals surface area contributed by atoms with Gasteiger partial charge in [0.25, 0.3) is 5.56 Å². The van der Waals surface area contributed by atoms with Gasteiger partial charge in [-0.1, -0.05) is 0 Å². The molecular formula is C11H6F3N3O. The van der Waals surface area contributed by atoms with E-state index < -0.39 is 23.0 Å². The highest BCUT2D eigenvalue weighted by Crippen LogP contribution is 2.29. The molecule has 0 unspecified atom stereocenters. The first-order valence-corrected chi connectivity index (χ1v) is 4.85. The van der Waals surface area contributed by atoms with E-state index in [1.165, 1.54) is 18.3 Å². The third-order valence-electron chi connectivity index (χ3n) is 2.37. The van der Waals surface area contributed by atoms with Crippen molar-refractivity contribution in [3.63, 3.8) is 0 Å². The van der Waals surface area contributed by atoms with Gasteiger partial charge in [-0.25, -0.2) is 4.98 Å². The van der Waals surface area contributed by atoms with Crippen LogP contribution in [0.4, 0.5) is 13.2 Å². The summed E-state index contributed by atoms with van der Waals surface area (Å²) in [5.74, 6) is 0. The third-order valence-corrected chi connectivity index (χ3v) is 2.37.